The molecule has 0 spiro atoms. The van der Waals surface area contributed by atoms with Gasteiger partial charge in [0.2, 0.25) is 0 Å². The Balaban J connectivity index is 1.66. The van der Waals surface area contributed by atoms with Crippen LogP contribution in [0, 0.1) is 11.3 Å². The summed E-state index contributed by atoms with van der Waals surface area (Å²) in [6.07, 6.45) is 13.2. The number of fused-ring (bicyclic) bond motifs is 1. The van der Waals surface area contributed by atoms with Crippen LogP contribution in [-0.4, -0.2) is 29.8 Å². The van der Waals surface area contributed by atoms with E-state index in [1.54, 1.807) is 0 Å². The lowest BCUT2D eigenvalue weighted by atomic mass is 9.84. The van der Waals surface area contributed by atoms with Crippen molar-refractivity contribution in [3.63, 3.8) is 0 Å². The number of rotatable bonds is 3. The third kappa shape index (κ3) is 2.40. The highest BCUT2D eigenvalue weighted by Gasteiger charge is 2.40. The van der Waals surface area contributed by atoms with E-state index >= 15 is 0 Å². The molecule has 0 aromatic carbocycles. The van der Waals surface area contributed by atoms with E-state index in [0.29, 0.717) is 5.41 Å². The maximum atomic E-state index is 4.67. The van der Waals surface area contributed by atoms with Crippen LogP contribution in [0.5, 0.6) is 0 Å². The first-order valence-electron chi connectivity index (χ1n) is 7.68. The van der Waals surface area contributed by atoms with E-state index in [0.717, 1.165) is 17.7 Å². The Labute approximate surface area is 112 Å². The molecule has 1 saturated heterocycles. The lowest BCUT2D eigenvalue weighted by Gasteiger charge is -2.43. The van der Waals surface area contributed by atoms with E-state index in [2.05, 4.69) is 17.5 Å². The average molecular weight is 253 g/mol. The van der Waals surface area contributed by atoms with Gasteiger partial charge in [-0.05, 0) is 62.2 Å². The summed E-state index contributed by atoms with van der Waals surface area (Å²) in [5.41, 5.74) is 0.577. The van der Waals surface area contributed by atoms with Crippen molar-refractivity contribution in [2.24, 2.45) is 11.3 Å². The van der Waals surface area contributed by atoms with Gasteiger partial charge in [0.1, 0.15) is 0 Å². The summed E-state index contributed by atoms with van der Waals surface area (Å²) in [6.45, 7) is 2.73. The molecule has 3 aliphatic rings. The molecule has 17 heavy (non-hydrogen) atoms. The number of thiol groups is 1. The smallest absolute Gasteiger partial charge is 0.0124 e. The molecular weight excluding hydrogens is 226 g/mol. The fourth-order valence-corrected chi connectivity index (χ4v) is 5.09. The molecular formula is C15H27NS. The van der Waals surface area contributed by atoms with Gasteiger partial charge in [0, 0.05) is 12.6 Å². The van der Waals surface area contributed by atoms with Crippen LogP contribution in [-0.2, 0) is 0 Å². The standard InChI is InChI=1S/C15H27NS/c17-12-15(8-1-2-9-15)11-16-10-4-6-13-5-3-7-14(13)16/h13-14,17H,1-12H2. The fraction of sp³-hybridized carbons (Fsp3) is 1.00. The van der Waals surface area contributed by atoms with Crippen LogP contribution in [0.15, 0.2) is 0 Å². The molecule has 2 saturated carbocycles. The van der Waals surface area contributed by atoms with Crippen LogP contribution in [0.4, 0.5) is 0 Å². The Morgan fingerprint density at radius 1 is 1.00 bits per heavy atom. The molecule has 2 heteroatoms. The van der Waals surface area contributed by atoms with Gasteiger partial charge in [-0.1, -0.05) is 19.3 Å². The molecule has 98 valence electrons. The van der Waals surface area contributed by atoms with Crippen LogP contribution in [0.3, 0.4) is 0 Å². The van der Waals surface area contributed by atoms with E-state index in [1.165, 1.54) is 70.9 Å². The Hall–Kier alpha value is 0.310. The van der Waals surface area contributed by atoms with Gasteiger partial charge in [-0.15, -0.1) is 0 Å². The van der Waals surface area contributed by atoms with Crippen molar-refractivity contribution in [2.45, 2.75) is 63.8 Å². The van der Waals surface area contributed by atoms with Crippen molar-refractivity contribution in [1.82, 2.24) is 4.90 Å². The lowest BCUT2D eigenvalue weighted by Crippen LogP contribution is -2.48. The monoisotopic (exact) mass is 253 g/mol. The lowest BCUT2D eigenvalue weighted by molar-refractivity contribution is 0.0691. The first kappa shape index (κ1) is 12.3. The van der Waals surface area contributed by atoms with Crippen molar-refractivity contribution in [2.75, 3.05) is 18.8 Å². The summed E-state index contributed by atoms with van der Waals surface area (Å²) in [4.78, 5) is 2.86. The first-order valence-corrected chi connectivity index (χ1v) is 8.31. The van der Waals surface area contributed by atoms with E-state index in [4.69, 9.17) is 0 Å². The molecule has 0 aromatic heterocycles. The first-order chi connectivity index (χ1) is 8.33. The predicted molar refractivity (Wildman–Crippen MR) is 76.7 cm³/mol. The highest BCUT2D eigenvalue weighted by Crippen LogP contribution is 2.43. The highest BCUT2D eigenvalue weighted by atomic mass is 32.1. The zero-order valence-electron chi connectivity index (χ0n) is 11.0. The van der Waals surface area contributed by atoms with Crippen LogP contribution < -0.4 is 0 Å². The molecule has 2 unspecified atom stereocenters. The van der Waals surface area contributed by atoms with Gasteiger partial charge in [-0.3, -0.25) is 4.90 Å². The summed E-state index contributed by atoms with van der Waals surface area (Å²) >= 11 is 4.67. The van der Waals surface area contributed by atoms with E-state index in [9.17, 15) is 0 Å². The summed E-state index contributed by atoms with van der Waals surface area (Å²) in [5, 5.41) is 0. The van der Waals surface area contributed by atoms with Crippen molar-refractivity contribution in [1.29, 1.82) is 0 Å². The Morgan fingerprint density at radius 2 is 1.76 bits per heavy atom. The Bertz CT molecular complexity index is 260. The van der Waals surface area contributed by atoms with E-state index in [-0.39, 0.29) is 0 Å². The molecule has 2 atom stereocenters. The van der Waals surface area contributed by atoms with E-state index in [1.807, 2.05) is 0 Å². The zero-order chi connectivity index (χ0) is 11.7. The molecule has 0 amide bonds. The summed E-state index contributed by atoms with van der Waals surface area (Å²) in [6, 6.07) is 0.945. The van der Waals surface area contributed by atoms with Gasteiger partial charge in [-0.25, -0.2) is 0 Å². The Kier molecular flexibility index (Phi) is 3.72. The molecule has 3 fully saturated rings. The number of hydrogen-bond acceptors (Lipinski definition) is 2. The maximum Gasteiger partial charge on any atom is 0.0124 e. The van der Waals surface area contributed by atoms with Crippen LogP contribution in [0.1, 0.15) is 57.8 Å². The second-order valence-electron chi connectivity index (χ2n) is 6.74. The van der Waals surface area contributed by atoms with Crippen molar-refractivity contribution in [3.05, 3.63) is 0 Å². The Morgan fingerprint density at radius 3 is 2.53 bits per heavy atom. The summed E-state index contributed by atoms with van der Waals surface area (Å²) < 4.78 is 0. The highest BCUT2D eigenvalue weighted by molar-refractivity contribution is 7.80. The average Bonchev–Trinajstić information content (AvgIpc) is 2.98. The minimum Gasteiger partial charge on any atom is -0.300 e. The molecule has 1 nitrogen and oxygen atoms in total. The molecule has 1 heterocycles. The van der Waals surface area contributed by atoms with Gasteiger partial charge in [0.25, 0.3) is 0 Å². The molecule has 0 N–H and O–H groups in total. The van der Waals surface area contributed by atoms with E-state index < -0.39 is 0 Å². The predicted octanol–water partition coefficient (Wildman–Crippen LogP) is 3.74. The number of likely N-dealkylation sites (tertiary alicyclic amines) is 1. The normalized spacial score (nSPS) is 37.2. The van der Waals surface area contributed by atoms with Crippen LogP contribution in [0.25, 0.3) is 0 Å². The third-order valence-electron chi connectivity index (χ3n) is 5.65. The molecule has 0 radical (unpaired) electrons. The zero-order valence-corrected chi connectivity index (χ0v) is 11.9. The van der Waals surface area contributed by atoms with Crippen molar-refractivity contribution in [3.8, 4) is 0 Å². The fourth-order valence-electron chi connectivity index (χ4n) is 4.68. The molecule has 0 bridgehead atoms. The van der Waals surface area contributed by atoms with Crippen LogP contribution in [0.2, 0.25) is 0 Å². The molecule has 1 aliphatic heterocycles. The van der Waals surface area contributed by atoms with Gasteiger partial charge >= 0.3 is 0 Å². The molecule has 0 aromatic rings. The van der Waals surface area contributed by atoms with Gasteiger partial charge in [0.15, 0.2) is 0 Å². The maximum absolute atomic E-state index is 4.67. The molecule has 3 rings (SSSR count). The SMILES string of the molecule is SCC1(CN2CCCC3CCCC32)CCCC1. The number of hydrogen-bond donors (Lipinski definition) is 1. The summed E-state index contributed by atoms with van der Waals surface area (Å²) in [5.74, 6) is 2.16. The van der Waals surface area contributed by atoms with Gasteiger partial charge in [0.05, 0.1) is 0 Å². The minimum absolute atomic E-state index is 0.577. The topological polar surface area (TPSA) is 3.24 Å². The number of piperidine rings is 1. The second-order valence-corrected chi connectivity index (χ2v) is 7.05. The largest absolute Gasteiger partial charge is 0.300 e. The van der Waals surface area contributed by atoms with Crippen molar-refractivity contribution >= 4 is 12.6 Å². The second kappa shape index (κ2) is 5.13. The van der Waals surface area contributed by atoms with Crippen LogP contribution >= 0.6 is 12.6 Å². The minimum atomic E-state index is 0.577. The van der Waals surface area contributed by atoms with Gasteiger partial charge in [-0.2, -0.15) is 12.6 Å². The quantitative estimate of drug-likeness (QED) is 0.750. The van der Waals surface area contributed by atoms with Crippen molar-refractivity contribution < 1.29 is 0 Å². The molecule has 2 aliphatic carbocycles. The summed E-state index contributed by atoms with van der Waals surface area (Å²) in [7, 11) is 0. The number of nitrogens with zero attached hydrogens (tertiary/aromatic N) is 1. The third-order valence-corrected chi connectivity index (χ3v) is 6.32. The van der Waals surface area contributed by atoms with Gasteiger partial charge < -0.3 is 0 Å².